The maximum atomic E-state index is 12.1. The van der Waals surface area contributed by atoms with Gasteiger partial charge in [0.15, 0.2) is 29.4 Å². The highest BCUT2D eigenvalue weighted by atomic mass is 127. The van der Waals surface area contributed by atoms with E-state index < -0.39 is 98.2 Å². The van der Waals surface area contributed by atoms with E-state index in [1.807, 2.05) is 129 Å². The second-order valence-corrected chi connectivity index (χ2v) is 49.2. The summed E-state index contributed by atoms with van der Waals surface area (Å²) in [4.78, 5) is 63.9. The van der Waals surface area contributed by atoms with Crippen molar-refractivity contribution in [1.29, 1.82) is 0 Å². The van der Waals surface area contributed by atoms with Crippen LogP contribution < -0.4 is 30.4 Å². The zero-order chi connectivity index (χ0) is 113. The number of ether oxygens (including phenoxy) is 14. The summed E-state index contributed by atoms with van der Waals surface area (Å²) in [6.45, 7) is 92.9. The van der Waals surface area contributed by atoms with Crippen molar-refractivity contribution in [2.45, 2.75) is 444 Å². The van der Waals surface area contributed by atoms with E-state index in [0.29, 0.717) is 112 Å². The van der Waals surface area contributed by atoms with Crippen molar-refractivity contribution in [2.75, 3.05) is 66.3 Å². The van der Waals surface area contributed by atoms with Crippen molar-refractivity contribution in [3.8, 4) is 0 Å². The van der Waals surface area contributed by atoms with E-state index in [1.165, 1.54) is 10.8 Å². The van der Waals surface area contributed by atoms with Crippen molar-refractivity contribution >= 4 is 55.4 Å². The van der Waals surface area contributed by atoms with Crippen LogP contribution >= 0.6 is 22.6 Å². The number of aliphatic hydroxyl groups is 2. The molecule has 1 aromatic rings. The number of carbonyl (C=O) groups excluding carboxylic acids is 4. The van der Waals surface area contributed by atoms with Gasteiger partial charge in [0, 0.05) is 110 Å². The van der Waals surface area contributed by atoms with Gasteiger partial charge in [-0.2, -0.15) is 4.89 Å². The minimum absolute atomic E-state index is 0. The number of cyclic esters (lactones) is 1. The molecule has 3 N–H and O–H groups in total. The number of alkyl halides is 1. The number of aldehydes is 1. The Hall–Kier alpha value is -4.64. The highest BCUT2D eigenvalue weighted by Crippen LogP contribution is 2.43. The number of esters is 1. The third-order valence-corrected chi connectivity index (χ3v) is 27.1. The molecule has 1 aromatic heterocycles. The summed E-state index contributed by atoms with van der Waals surface area (Å²) in [5, 5.41) is 31.6. The van der Waals surface area contributed by atoms with Crippen LogP contribution in [0.3, 0.4) is 0 Å². The summed E-state index contributed by atoms with van der Waals surface area (Å²) in [6, 6.07) is 2.21. The van der Waals surface area contributed by atoms with E-state index in [2.05, 4.69) is 200 Å². The second-order valence-electron chi connectivity index (χ2n) is 41.3. The van der Waals surface area contributed by atoms with Gasteiger partial charge in [0.1, 0.15) is 47.9 Å². The molecule has 32 nitrogen and oxygen atoms in total. The van der Waals surface area contributed by atoms with Crippen LogP contribution in [0.5, 0.6) is 0 Å². The molecular formula is C109H205I2N3O29Si. The zero-order valence-electron chi connectivity index (χ0n) is 96.7. The molecule has 6 aliphatic rings. The molecule has 7 rings (SSSR count). The van der Waals surface area contributed by atoms with Crippen LogP contribution in [0.2, 0.25) is 19.6 Å². The Kier molecular flexibility index (Phi) is 75.5. The number of carbonyl (C=O) groups is 4. The first kappa shape index (κ1) is 148. The van der Waals surface area contributed by atoms with E-state index in [9.17, 15) is 39.7 Å². The number of rotatable bonds is 43. The highest BCUT2D eigenvalue weighted by molar-refractivity contribution is 14.1. The van der Waals surface area contributed by atoms with Crippen LogP contribution in [-0.4, -0.2) is 223 Å². The molecule has 3 unspecified atom stereocenters. The van der Waals surface area contributed by atoms with Gasteiger partial charge in [-0.1, -0.05) is 210 Å². The fraction of sp³-hybridized carbons (Fsp3) is 0.780. The van der Waals surface area contributed by atoms with Crippen molar-refractivity contribution in [1.82, 2.24) is 14.9 Å². The lowest BCUT2D eigenvalue weighted by Gasteiger charge is -2.43. The molecule has 0 aliphatic carbocycles. The molecule has 6 aliphatic heterocycles. The molecule has 7 heterocycles. The summed E-state index contributed by atoms with van der Waals surface area (Å²) >= 11 is -3.32. The SMILES string of the molecule is C/C=C1\OC(C)(C)OC(O[Si](C)(C)C)=C1C.C=CCC(=O)[C@H]1COC(C)(C)O1.C=CC[C@@](O)(C[C@@H](C)CC)[C@H]1COC(C)(C)O1.C=CC[C@](C=O)(C[C@@H](C)CC)OC.C=CC[C@](C[C@@H](C)CC)(OC)[C@H](O)[C@H](C)C1=C(C)C(=O)OC(C)(C)O1.C=CC[C@](C[C@@H](C)CC)(OC)[C@H]1COC(C)(C)O1.CC.CC.CC(C)(C)c1ncccn1.CC1O[C@H](C)CC(N(C)C)[C@H]1COOC=O.CCC(C)CI.[HH].[HH].[O-][I+3]([O-])([O-])OOO. The van der Waals surface area contributed by atoms with Gasteiger partial charge in [-0.3, -0.25) is 19.9 Å². The number of methoxy groups -OCH3 is 3. The second kappa shape index (κ2) is 73.6. The van der Waals surface area contributed by atoms with Gasteiger partial charge in [-0.25, -0.2) is 20.0 Å². The fourth-order valence-electron chi connectivity index (χ4n) is 15.3. The third kappa shape index (κ3) is 59.4. The number of aliphatic hydroxyl groups excluding tert-OH is 1. The number of ketones is 1. The summed E-state index contributed by atoms with van der Waals surface area (Å²) in [6.07, 6.45) is 26.4. The zero-order valence-corrected chi connectivity index (χ0v) is 102. The average molecular weight is 2300 g/mol. The maximum Gasteiger partial charge on any atom is 0.426 e. The van der Waals surface area contributed by atoms with E-state index in [4.69, 9.17) is 80.9 Å². The Labute approximate surface area is 894 Å². The first-order chi connectivity index (χ1) is 66.6. The van der Waals surface area contributed by atoms with Gasteiger partial charge in [0.05, 0.1) is 66.1 Å². The summed E-state index contributed by atoms with van der Waals surface area (Å²) in [5.41, 5.74) is -1.20. The average Bonchev–Trinajstić information content (AvgIpc) is 1.61. The Morgan fingerprint density at radius 2 is 1.12 bits per heavy atom. The first-order valence-electron chi connectivity index (χ1n) is 51.0. The topological polar surface area (TPSA) is 403 Å². The molecule has 0 radical (unpaired) electrons. The number of allylic oxidation sites excluding steroid dienone is 3. The molecule has 4 fully saturated rings. The largest absolute Gasteiger partial charge is 0.519 e. The molecule has 35 heteroatoms. The number of nitrogens with zero attached hydrogens (tertiary/aromatic N) is 3. The normalized spacial score (nSPS) is 23.2. The molecule has 4 saturated heterocycles. The minimum atomic E-state index is -5.74. The lowest BCUT2D eigenvalue weighted by molar-refractivity contribution is -1.93. The predicted octanol–water partition coefficient (Wildman–Crippen LogP) is 18.9. The van der Waals surface area contributed by atoms with Gasteiger partial charge >= 0.3 is 32.5 Å². The van der Waals surface area contributed by atoms with Crippen LogP contribution in [0.1, 0.15) is 333 Å². The standard InChI is InChI=1S/C20H34O5.C15H28O3.C14H26O3.C12H22O3Si.C11H21NO4.C11H20O2.C9H14O3.C8H12N2.C5H11I.2C2H6.HIO6.2H2/c1-9-11-20(23-8,12-13(3)10-2)17(21)14(4)16-15(5)18(22)25-19(6,7)24-16;1-7-9-15(16-6,10-12(3)8-2)13-11-17-14(4,5)18-13;1-6-8-14(15,9-11(3)7-2)12-10-16-13(4,5)17-12;1-8-10-9(2)11(15-16(5,6)7)14-12(3,4)13-10;1-8-5-11(12(3)4)10(9(2)16-8)6-14-15-7-13;1-5-7-11(9-12,13-4)8-10(3)6-2;1-4-5-7(10)8-6-11-9(2,3)12-8;1-8(2,3)7-9-5-4-6-10-7;1-3-5(2)4-6;2*1-2;2-1(3,4)6-7-5;;/h9,13-14,17,21H,1,10-12H2,2-8H3;7,12-13H,1,8-11H2,2-6H3;6,11-12,15H,1,7-10H2,2-5H3;8H,1-7H3;7-11H,5-6H2,1-4H3;5,9-10H,1,6-8H2,2-4H3;4,8H,1,5-6H2,2-3H3;4-6H,1-3H3;5H,3-4H2,1-2H3;2*1-2H3;5H;2*1H/b;;;10-8-;;;;;;;;;;/t13-,14+,17+,20+;12-,13+,15+;11-,12+,14+;;8-,9?,10+,11?;10-,11+;8-;;;;;;;/m000.101......./s1. The molecule has 144 heavy (non-hydrogen) atoms. The van der Waals surface area contributed by atoms with E-state index in [0.717, 1.165) is 87.1 Å². The van der Waals surface area contributed by atoms with Crippen molar-refractivity contribution < 1.29 is 157 Å². The minimum Gasteiger partial charge on any atom is -0.519 e. The number of aromatic nitrogens is 2. The Morgan fingerprint density at radius 1 is 0.646 bits per heavy atom. The van der Waals surface area contributed by atoms with Gasteiger partial charge in [0.2, 0.25) is 23.1 Å². The molecule has 0 amide bonds. The summed E-state index contributed by atoms with van der Waals surface area (Å²) < 4.78 is 117. The van der Waals surface area contributed by atoms with Crippen LogP contribution in [0.25, 0.3) is 0 Å². The van der Waals surface area contributed by atoms with Crippen molar-refractivity contribution in [2.24, 2.45) is 41.4 Å². The maximum absolute atomic E-state index is 12.1. The number of halogens is 2. The smallest absolute Gasteiger partial charge is 0.426 e. The number of Topliss-reactive ketones (excluding diaryl/α,β-unsaturated/α-hetero) is 1. The molecule has 0 aromatic carbocycles. The molecule has 0 bridgehead atoms. The van der Waals surface area contributed by atoms with Gasteiger partial charge in [0.25, 0.3) is 5.95 Å². The Balaban J connectivity index is -0.000000298. The van der Waals surface area contributed by atoms with E-state index in [-0.39, 0.29) is 50.0 Å². The highest BCUT2D eigenvalue weighted by Gasteiger charge is 2.51. The Morgan fingerprint density at radius 3 is 1.49 bits per heavy atom. The van der Waals surface area contributed by atoms with Gasteiger partial charge in [-0.15, -0.1) is 32.9 Å². The van der Waals surface area contributed by atoms with E-state index >= 15 is 0 Å². The van der Waals surface area contributed by atoms with Crippen LogP contribution in [0, 0.1) is 41.4 Å². The lowest BCUT2D eigenvalue weighted by Crippen LogP contribution is -4.24. The molecule has 0 saturated carbocycles. The first-order valence-corrected chi connectivity index (χ1v) is 59.5. The van der Waals surface area contributed by atoms with Gasteiger partial charge < -0.3 is 95.5 Å². The molecular weight excluding hydrogens is 2100 g/mol. The number of hydrogen-bond donors (Lipinski definition) is 3. The molecule has 18 atom stereocenters. The lowest BCUT2D eigenvalue weighted by atomic mass is 9.77. The third-order valence-electron chi connectivity index (χ3n) is 24.2. The van der Waals surface area contributed by atoms with E-state index in [1.54, 1.807) is 92.6 Å². The summed E-state index contributed by atoms with van der Waals surface area (Å²) in [7, 11) is 7.39. The fourth-order valence-corrected chi connectivity index (χ4v) is 16.9. The van der Waals surface area contributed by atoms with Crippen molar-refractivity contribution in [3.63, 3.8) is 0 Å². The number of hydrogen-bond acceptors (Lipinski definition) is 32. The molecule has 0 spiro atoms. The monoisotopic (exact) mass is 2300 g/mol. The van der Waals surface area contributed by atoms with Crippen LogP contribution in [0.4, 0.5) is 0 Å². The van der Waals surface area contributed by atoms with Crippen molar-refractivity contribution in [3.05, 3.63) is 122 Å². The Bertz CT molecular complexity index is 3790. The van der Waals surface area contributed by atoms with Gasteiger partial charge in [-0.05, 0) is 203 Å². The van der Waals surface area contributed by atoms with Crippen LogP contribution in [0.15, 0.2) is 116 Å². The summed E-state index contributed by atoms with van der Waals surface area (Å²) in [5.74, 6) is 1.68. The predicted molar refractivity (Wildman–Crippen MR) is 576 cm³/mol. The quantitative estimate of drug-likeness (QED) is 0.00629. The van der Waals surface area contributed by atoms with Crippen LogP contribution in [-0.2, 0) is 113 Å². The molecule has 848 valence electrons.